The van der Waals surface area contributed by atoms with Crippen LogP contribution in [0.25, 0.3) is 32.3 Å². The summed E-state index contributed by atoms with van der Waals surface area (Å²) in [4.78, 5) is 0. The second-order valence-corrected chi connectivity index (χ2v) is 6.26. The Balaban J connectivity index is 1.90. The average Bonchev–Trinajstić information content (AvgIpc) is 2.93. The third-order valence-electron chi connectivity index (χ3n) is 5.33. The predicted octanol–water partition coefficient (Wildman–Crippen LogP) is 4.84. The van der Waals surface area contributed by atoms with Gasteiger partial charge in [-0.25, -0.2) is 0 Å². The van der Waals surface area contributed by atoms with Crippen LogP contribution in [0.2, 0.25) is 0 Å². The quantitative estimate of drug-likeness (QED) is 0.449. The highest BCUT2D eigenvalue weighted by Crippen LogP contribution is 2.53. The number of rotatable bonds is 0. The zero-order valence-electron chi connectivity index (χ0n) is 11.4. The van der Waals surface area contributed by atoms with E-state index in [0.29, 0.717) is 12.0 Å². The van der Waals surface area contributed by atoms with Crippen LogP contribution in [0.15, 0.2) is 60.8 Å². The first-order valence-electron chi connectivity index (χ1n) is 7.55. The lowest BCUT2D eigenvalue weighted by atomic mass is 9.71. The van der Waals surface area contributed by atoms with E-state index in [1.165, 1.54) is 43.4 Å². The van der Waals surface area contributed by atoms with Crippen molar-refractivity contribution in [3.63, 3.8) is 0 Å². The van der Waals surface area contributed by atoms with E-state index in [1.54, 1.807) is 0 Å². The van der Waals surface area contributed by atoms with E-state index in [2.05, 4.69) is 66.1 Å². The monoisotopic (exact) mass is 267 g/mol. The third-order valence-corrected chi connectivity index (χ3v) is 5.33. The molecule has 1 nitrogen and oxygen atoms in total. The molecule has 0 radical (unpaired) electrons. The Morgan fingerprint density at radius 2 is 1.62 bits per heavy atom. The summed E-state index contributed by atoms with van der Waals surface area (Å²) in [6.45, 7) is 0. The van der Waals surface area contributed by atoms with E-state index < -0.39 is 0 Å². The average molecular weight is 267 g/mol. The van der Waals surface area contributed by atoms with Crippen LogP contribution in [0.5, 0.6) is 0 Å². The van der Waals surface area contributed by atoms with Gasteiger partial charge in [-0.3, -0.25) is 0 Å². The molecule has 0 fully saturated rings. The van der Waals surface area contributed by atoms with Crippen LogP contribution in [-0.2, 0) is 0 Å². The molecule has 98 valence electrons. The molecule has 2 unspecified atom stereocenters. The largest absolute Gasteiger partial charge is 0.383 e. The van der Waals surface area contributed by atoms with E-state index in [-0.39, 0.29) is 0 Å². The van der Waals surface area contributed by atoms with Crippen LogP contribution in [0, 0.1) is 0 Å². The molecule has 1 aliphatic heterocycles. The molecule has 0 spiro atoms. The van der Waals surface area contributed by atoms with Gasteiger partial charge in [0.25, 0.3) is 0 Å². The Labute approximate surface area is 122 Å². The fourth-order valence-corrected chi connectivity index (χ4v) is 4.41. The first-order chi connectivity index (χ1) is 10.4. The molecule has 0 amide bonds. The summed E-state index contributed by atoms with van der Waals surface area (Å²) in [5.41, 5.74) is 3.02. The smallest absolute Gasteiger partial charge is 0.0621 e. The fraction of sp³-hybridized carbons (Fsp3) is 0.100. The highest BCUT2D eigenvalue weighted by atomic mass is 14.9. The topological polar surface area (TPSA) is 12.0 Å². The molecule has 4 aromatic rings. The number of hydrogen-bond acceptors (Lipinski definition) is 1. The van der Waals surface area contributed by atoms with Crippen molar-refractivity contribution in [2.24, 2.45) is 0 Å². The van der Waals surface area contributed by atoms with Gasteiger partial charge in [0.15, 0.2) is 0 Å². The minimum absolute atomic E-state index is 0.490. The van der Waals surface area contributed by atoms with E-state index in [4.69, 9.17) is 0 Å². The van der Waals surface area contributed by atoms with Crippen molar-refractivity contribution < 1.29 is 0 Å². The molecule has 1 aliphatic carbocycles. The predicted molar refractivity (Wildman–Crippen MR) is 87.9 cm³/mol. The summed E-state index contributed by atoms with van der Waals surface area (Å²) in [5.74, 6) is 0.571. The zero-order valence-corrected chi connectivity index (χ0v) is 11.4. The summed E-state index contributed by atoms with van der Waals surface area (Å²) in [6, 6.07) is 18.6. The van der Waals surface area contributed by atoms with E-state index in [0.717, 1.165) is 0 Å². The van der Waals surface area contributed by atoms with Gasteiger partial charge in [-0.15, -0.1) is 0 Å². The molecule has 2 aliphatic rings. The van der Waals surface area contributed by atoms with Crippen molar-refractivity contribution in [1.29, 1.82) is 0 Å². The van der Waals surface area contributed by atoms with Crippen LogP contribution in [-0.4, -0.2) is 0 Å². The highest BCUT2D eigenvalue weighted by molar-refractivity contribution is 6.24. The Bertz CT molecular complexity index is 1060. The highest BCUT2D eigenvalue weighted by Gasteiger charge is 2.39. The lowest BCUT2D eigenvalue weighted by Crippen LogP contribution is -2.27. The van der Waals surface area contributed by atoms with Crippen LogP contribution >= 0.6 is 0 Å². The number of benzene rings is 4. The molecule has 1 N–H and O–H groups in total. The number of fused-ring (bicyclic) bond motifs is 5. The van der Waals surface area contributed by atoms with Crippen molar-refractivity contribution in [2.75, 3.05) is 0 Å². The maximum absolute atomic E-state index is 3.51. The van der Waals surface area contributed by atoms with Gasteiger partial charge < -0.3 is 5.32 Å². The standard InChI is InChI=1S/C20H13N/c1-2-11-4-5-13-10-16-14-8-9-21-20(14)19(16)15-7-6-12(3-1)17(11)18(13)15/h1-10,14,20-21H. The molecule has 4 aromatic carbocycles. The summed E-state index contributed by atoms with van der Waals surface area (Å²) in [5, 5.41) is 11.9. The van der Waals surface area contributed by atoms with Gasteiger partial charge >= 0.3 is 0 Å². The fourth-order valence-electron chi connectivity index (χ4n) is 4.41. The molecule has 0 bridgehead atoms. The molecule has 0 aromatic heterocycles. The third kappa shape index (κ3) is 1.04. The van der Waals surface area contributed by atoms with Gasteiger partial charge in [-0.2, -0.15) is 0 Å². The van der Waals surface area contributed by atoms with E-state index >= 15 is 0 Å². The lowest BCUT2D eigenvalue weighted by molar-refractivity contribution is 0.538. The molecular weight excluding hydrogens is 254 g/mol. The Kier molecular flexibility index (Phi) is 1.56. The van der Waals surface area contributed by atoms with Crippen molar-refractivity contribution in [1.82, 2.24) is 5.32 Å². The number of hydrogen-bond donors (Lipinski definition) is 1. The van der Waals surface area contributed by atoms with Crippen molar-refractivity contribution >= 4 is 32.3 Å². The van der Waals surface area contributed by atoms with Gasteiger partial charge in [0, 0.05) is 5.92 Å². The molecule has 1 heterocycles. The maximum Gasteiger partial charge on any atom is 0.0621 e. The summed E-state index contributed by atoms with van der Waals surface area (Å²) in [6.07, 6.45) is 4.41. The second kappa shape index (κ2) is 3.20. The minimum atomic E-state index is 0.490. The Morgan fingerprint density at radius 1 is 0.810 bits per heavy atom. The molecular formula is C20H13N. The maximum atomic E-state index is 3.51. The molecule has 0 saturated heterocycles. The SMILES string of the molecule is C1=CC2c3cc4ccc5cccc6ccc(c3C2N1)c4c56. The van der Waals surface area contributed by atoms with Gasteiger partial charge in [-0.1, -0.05) is 54.6 Å². The normalized spacial score (nSPS) is 22.5. The van der Waals surface area contributed by atoms with Crippen molar-refractivity contribution in [3.05, 3.63) is 71.9 Å². The molecule has 0 saturated carbocycles. The molecule has 21 heavy (non-hydrogen) atoms. The van der Waals surface area contributed by atoms with Crippen molar-refractivity contribution in [2.45, 2.75) is 12.0 Å². The van der Waals surface area contributed by atoms with Gasteiger partial charge in [-0.05, 0) is 49.6 Å². The van der Waals surface area contributed by atoms with Crippen LogP contribution in [0.4, 0.5) is 0 Å². The van der Waals surface area contributed by atoms with Crippen LogP contribution < -0.4 is 5.32 Å². The van der Waals surface area contributed by atoms with Crippen LogP contribution in [0.3, 0.4) is 0 Å². The zero-order chi connectivity index (χ0) is 13.6. The van der Waals surface area contributed by atoms with E-state index in [9.17, 15) is 0 Å². The van der Waals surface area contributed by atoms with Gasteiger partial charge in [0.2, 0.25) is 0 Å². The first-order valence-corrected chi connectivity index (χ1v) is 7.55. The van der Waals surface area contributed by atoms with Crippen LogP contribution in [0.1, 0.15) is 23.1 Å². The van der Waals surface area contributed by atoms with Crippen molar-refractivity contribution in [3.8, 4) is 0 Å². The molecule has 1 heteroatoms. The molecule has 6 rings (SSSR count). The van der Waals surface area contributed by atoms with Gasteiger partial charge in [0.1, 0.15) is 0 Å². The van der Waals surface area contributed by atoms with E-state index in [1.807, 2.05) is 0 Å². The molecule has 2 atom stereocenters. The summed E-state index contributed by atoms with van der Waals surface area (Å²) < 4.78 is 0. The minimum Gasteiger partial charge on any atom is -0.383 e. The Hall–Kier alpha value is -2.54. The first kappa shape index (κ1) is 10.2. The Morgan fingerprint density at radius 3 is 2.52 bits per heavy atom. The summed E-state index contributed by atoms with van der Waals surface area (Å²) in [7, 11) is 0. The number of nitrogens with one attached hydrogen (secondary N) is 1. The van der Waals surface area contributed by atoms with Gasteiger partial charge in [0.05, 0.1) is 6.04 Å². The lowest BCUT2D eigenvalue weighted by Gasteiger charge is -2.36. The second-order valence-electron chi connectivity index (χ2n) is 6.26. The summed E-state index contributed by atoms with van der Waals surface area (Å²) >= 11 is 0.